The number of anilines is 1. The Morgan fingerprint density at radius 2 is 1.88 bits per heavy atom. The summed E-state index contributed by atoms with van der Waals surface area (Å²) in [6.07, 6.45) is 1.63. The summed E-state index contributed by atoms with van der Waals surface area (Å²) in [5.41, 5.74) is 6.20. The molecule has 7 nitrogen and oxygen atoms in total. The second-order valence-corrected chi connectivity index (χ2v) is 5.79. The van der Waals surface area contributed by atoms with E-state index in [1.54, 1.807) is 10.9 Å². The van der Waals surface area contributed by atoms with Crippen LogP contribution in [0.4, 0.5) is 5.69 Å². The Hall–Kier alpha value is -3.22. The van der Waals surface area contributed by atoms with Gasteiger partial charge in [0.1, 0.15) is 12.1 Å². The lowest BCUT2D eigenvalue weighted by molar-refractivity contribution is -0.121. The molecule has 7 heteroatoms. The fourth-order valence-corrected chi connectivity index (χ4v) is 2.74. The summed E-state index contributed by atoms with van der Waals surface area (Å²) < 4.78 is 1.55. The lowest BCUT2D eigenvalue weighted by atomic mass is 10.2. The van der Waals surface area contributed by atoms with E-state index >= 15 is 0 Å². The average Bonchev–Trinajstić information content (AvgIpc) is 3.07. The van der Waals surface area contributed by atoms with Gasteiger partial charge in [-0.25, -0.2) is 10.1 Å². The van der Waals surface area contributed by atoms with Gasteiger partial charge in [0, 0.05) is 18.8 Å². The van der Waals surface area contributed by atoms with Gasteiger partial charge in [0.05, 0.1) is 11.7 Å². The third-order valence-electron chi connectivity index (χ3n) is 4.14. The van der Waals surface area contributed by atoms with Crippen molar-refractivity contribution in [2.24, 2.45) is 5.10 Å². The SMILES string of the molecule is CCN(CC)c1ccc(/C=N/NC(=O)Cn2nnc3ccccc32)cc1. The Bertz CT molecular complexity index is 896. The summed E-state index contributed by atoms with van der Waals surface area (Å²) in [5, 5.41) is 12.0. The summed E-state index contributed by atoms with van der Waals surface area (Å²) in [4.78, 5) is 14.3. The van der Waals surface area contributed by atoms with Crippen molar-refractivity contribution in [2.75, 3.05) is 18.0 Å². The maximum absolute atomic E-state index is 12.0. The van der Waals surface area contributed by atoms with Crippen LogP contribution < -0.4 is 10.3 Å². The largest absolute Gasteiger partial charge is 0.372 e. The summed E-state index contributed by atoms with van der Waals surface area (Å²) in [6, 6.07) is 15.6. The monoisotopic (exact) mass is 350 g/mol. The molecular weight excluding hydrogens is 328 g/mol. The maximum Gasteiger partial charge on any atom is 0.261 e. The molecule has 2 aromatic carbocycles. The minimum absolute atomic E-state index is 0.0682. The number of hydrogen-bond acceptors (Lipinski definition) is 5. The molecule has 0 aliphatic carbocycles. The Balaban J connectivity index is 1.57. The number of carbonyl (C=O) groups excluding carboxylic acids is 1. The Labute approximate surface area is 152 Å². The maximum atomic E-state index is 12.0. The highest BCUT2D eigenvalue weighted by Gasteiger charge is 2.07. The second kappa shape index (κ2) is 8.24. The number of rotatable bonds is 7. The first kappa shape index (κ1) is 17.6. The predicted molar refractivity (Wildman–Crippen MR) is 103 cm³/mol. The molecule has 0 fully saturated rings. The number of amides is 1. The van der Waals surface area contributed by atoms with Crippen LogP contribution in [-0.2, 0) is 11.3 Å². The van der Waals surface area contributed by atoms with Crippen molar-refractivity contribution in [3.8, 4) is 0 Å². The van der Waals surface area contributed by atoms with Crippen molar-refractivity contribution >= 4 is 28.8 Å². The molecule has 0 radical (unpaired) electrons. The minimum Gasteiger partial charge on any atom is -0.372 e. The molecule has 3 aromatic rings. The summed E-state index contributed by atoms with van der Waals surface area (Å²) >= 11 is 0. The highest BCUT2D eigenvalue weighted by Crippen LogP contribution is 2.14. The molecule has 0 saturated carbocycles. The molecule has 3 rings (SSSR count). The molecule has 0 aliphatic heterocycles. The minimum atomic E-state index is -0.253. The summed E-state index contributed by atoms with van der Waals surface area (Å²) in [6.45, 7) is 6.27. The third kappa shape index (κ3) is 4.05. The summed E-state index contributed by atoms with van der Waals surface area (Å²) in [7, 11) is 0. The molecule has 0 saturated heterocycles. The molecule has 134 valence electrons. The van der Waals surface area contributed by atoms with Crippen LogP contribution >= 0.6 is 0 Å². The number of fused-ring (bicyclic) bond motifs is 1. The number of carbonyl (C=O) groups is 1. The zero-order chi connectivity index (χ0) is 18.4. The van der Waals surface area contributed by atoms with Crippen LogP contribution in [0.25, 0.3) is 11.0 Å². The summed E-state index contributed by atoms with van der Waals surface area (Å²) in [5.74, 6) is -0.253. The van der Waals surface area contributed by atoms with Gasteiger partial charge < -0.3 is 4.90 Å². The van der Waals surface area contributed by atoms with E-state index in [4.69, 9.17) is 0 Å². The topological polar surface area (TPSA) is 75.4 Å². The van der Waals surface area contributed by atoms with Gasteiger partial charge in [0.25, 0.3) is 5.91 Å². The van der Waals surface area contributed by atoms with Crippen LogP contribution in [0.2, 0.25) is 0 Å². The molecular formula is C19H22N6O. The highest BCUT2D eigenvalue weighted by atomic mass is 16.2. The van der Waals surface area contributed by atoms with Gasteiger partial charge in [-0.3, -0.25) is 4.79 Å². The number of para-hydroxylation sites is 1. The van der Waals surface area contributed by atoms with Crippen molar-refractivity contribution < 1.29 is 4.79 Å². The Morgan fingerprint density at radius 3 is 2.62 bits per heavy atom. The van der Waals surface area contributed by atoms with E-state index in [1.807, 2.05) is 36.4 Å². The van der Waals surface area contributed by atoms with Crippen molar-refractivity contribution in [3.05, 3.63) is 54.1 Å². The van der Waals surface area contributed by atoms with E-state index in [0.29, 0.717) is 0 Å². The molecule has 1 N–H and O–H groups in total. The first-order valence-corrected chi connectivity index (χ1v) is 8.66. The lowest BCUT2D eigenvalue weighted by Crippen LogP contribution is -2.23. The van der Waals surface area contributed by atoms with Crippen LogP contribution in [0, 0.1) is 0 Å². The normalized spacial score (nSPS) is 11.2. The molecule has 0 atom stereocenters. The smallest absolute Gasteiger partial charge is 0.261 e. The van der Waals surface area contributed by atoms with Gasteiger partial charge in [0.15, 0.2) is 0 Å². The van der Waals surface area contributed by atoms with Gasteiger partial charge in [-0.05, 0) is 43.7 Å². The molecule has 1 aromatic heterocycles. The van der Waals surface area contributed by atoms with Gasteiger partial charge in [-0.1, -0.05) is 29.5 Å². The van der Waals surface area contributed by atoms with E-state index in [-0.39, 0.29) is 12.5 Å². The zero-order valence-electron chi connectivity index (χ0n) is 15.0. The number of hydrazone groups is 1. The molecule has 1 amide bonds. The Kier molecular flexibility index (Phi) is 5.58. The van der Waals surface area contributed by atoms with E-state index in [2.05, 4.69) is 51.7 Å². The van der Waals surface area contributed by atoms with Crippen molar-refractivity contribution in [3.63, 3.8) is 0 Å². The molecule has 0 bridgehead atoms. The van der Waals surface area contributed by atoms with Crippen LogP contribution in [0.15, 0.2) is 53.6 Å². The molecule has 1 heterocycles. The predicted octanol–water partition coefficient (Wildman–Crippen LogP) is 2.43. The van der Waals surface area contributed by atoms with Crippen molar-refractivity contribution in [2.45, 2.75) is 20.4 Å². The van der Waals surface area contributed by atoms with Crippen LogP contribution in [0.1, 0.15) is 19.4 Å². The van der Waals surface area contributed by atoms with Crippen LogP contribution in [0.3, 0.4) is 0 Å². The van der Waals surface area contributed by atoms with Gasteiger partial charge in [-0.15, -0.1) is 5.10 Å². The van der Waals surface area contributed by atoms with E-state index < -0.39 is 0 Å². The van der Waals surface area contributed by atoms with E-state index in [0.717, 1.165) is 29.7 Å². The van der Waals surface area contributed by atoms with Gasteiger partial charge >= 0.3 is 0 Å². The molecule has 0 aliphatic rings. The first-order chi connectivity index (χ1) is 12.7. The number of nitrogens with one attached hydrogen (secondary N) is 1. The second-order valence-electron chi connectivity index (χ2n) is 5.79. The van der Waals surface area contributed by atoms with Crippen LogP contribution in [-0.4, -0.2) is 40.2 Å². The quantitative estimate of drug-likeness (QED) is 0.524. The van der Waals surface area contributed by atoms with E-state index in [1.165, 1.54) is 5.69 Å². The fraction of sp³-hybridized carbons (Fsp3) is 0.263. The number of benzene rings is 2. The Morgan fingerprint density at radius 1 is 1.15 bits per heavy atom. The molecule has 26 heavy (non-hydrogen) atoms. The van der Waals surface area contributed by atoms with Gasteiger partial charge in [-0.2, -0.15) is 5.10 Å². The fourth-order valence-electron chi connectivity index (χ4n) is 2.74. The first-order valence-electron chi connectivity index (χ1n) is 8.66. The molecule has 0 unspecified atom stereocenters. The highest BCUT2D eigenvalue weighted by molar-refractivity contribution is 5.83. The standard InChI is InChI=1S/C19H22N6O/c1-3-24(4-2)16-11-9-15(10-12-16)13-20-22-19(26)14-25-18-8-6-5-7-17(18)21-23-25/h5-13H,3-4,14H2,1-2H3,(H,22,26)/b20-13+. The zero-order valence-corrected chi connectivity index (χ0v) is 15.0. The number of hydrogen-bond donors (Lipinski definition) is 1. The number of nitrogens with zero attached hydrogens (tertiary/aromatic N) is 5. The third-order valence-corrected chi connectivity index (χ3v) is 4.14. The van der Waals surface area contributed by atoms with Crippen LogP contribution in [0.5, 0.6) is 0 Å². The molecule has 0 spiro atoms. The number of aromatic nitrogens is 3. The van der Waals surface area contributed by atoms with Gasteiger partial charge in [0.2, 0.25) is 0 Å². The lowest BCUT2D eigenvalue weighted by Gasteiger charge is -2.20. The average molecular weight is 350 g/mol. The van der Waals surface area contributed by atoms with E-state index in [9.17, 15) is 4.79 Å². The van der Waals surface area contributed by atoms with Crippen molar-refractivity contribution in [1.82, 2.24) is 20.4 Å². The van der Waals surface area contributed by atoms with Crippen molar-refractivity contribution in [1.29, 1.82) is 0 Å².